The molecule has 0 heterocycles. The lowest BCUT2D eigenvalue weighted by atomic mass is 10.1. The number of carbonyl (C=O) groups is 1. The van der Waals surface area contributed by atoms with Crippen molar-refractivity contribution in [2.75, 3.05) is 13.1 Å². The van der Waals surface area contributed by atoms with Gasteiger partial charge in [-0.2, -0.15) is 0 Å². The van der Waals surface area contributed by atoms with Crippen molar-refractivity contribution < 1.29 is 18.0 Å². The zero-order valence-electron chi connectivity index (χ0n) is 11.0. The van der Waals surface area contributed by atoms with Gasteiger partial charge in [0.05, 0.1) is 10.6 Å². The molecule has 0 atom stereocenters. The first-order valence-corrected chi connectivity index (χ1v) is 6.50. The summed E-state index contributed by atoms with van der Waals surface area (Å²) in [5, 5.41) is 0. The van der Waals surface area contributed by atoms with Crippen LogP contribution >= 0.6 is 12.2 Å². The smallest absolute Gasteiger partial charge is 0.256 e. The number of thiocarbonyl (C=S) groups is 1. The van der Waals surface area contributed by atoms with Crippen molar-refractivity contribution in [3.63, 3.8) is 0 Å². The van der Waals surface area contributed by atoms with E-state index < -0.39 is 28.9 Å². The molecule has 0 unspecified atom stereocenters. The Morgan fingerprint density at radius 3 is 2.45 bits per heavy atom. The number of carbonyl (C=O) groups excluding carboxylic acids is 1. The van der Waals surface area contributed by atoms with Crippen LogP contribution in [0.5, 0.6) is 0 Å². The Kier molecular flexibility index (Phi) is 5.94. The second-order valence-corrected chi connectivity index (χ2v) is 4.76. The number of hydrogen-bond acceptors (Lipinski definition) is 2. The first-order chi connectivity index (χ1) is 9.38. The lowest BCUT2D eigenvalue weighted by molar-refractivity contribution is 0.0754. The third-order valence-electron chi connectivity index (χ3n) is 2.67. The Bertz CT molecular complexity index is 523. The number of nitrogens with two attached hydrogens (primary N) is 1. The van der Waals surface area contributed by atoms with Gasteiger partial charge in [0.2, 0.25) is 0 Å². The third-order valence-corrected chi connectivity index (χ3v) is 2.88. The molecule has 1 rings (SSSR count). The predicted molar refractivity (Wildman–Crippen MR) is 73.9 cm³/mol. The van der Waals surface area contributed by atoms with Crippen molar-refractivity contribution in [1.29, 1.82) is 0 Å². The maximum atomic E-state index is 13.6. The summed E-state index contributed by atoms with van der Waals surface area (Å²) < 4.78 is 39.6. The van der Waals surface area contributed by atoms with Crippen LogP contribution < -0.4 is 5.73 Å². The van der Waals surface area contributed by atoms with Crippen molar-refractivity contribution in [1.82, 2.24) is 4.90 Å². The molecule has 110 valence electrons. The van der Waals surface area contributed by atoms with Gasteiger partial charge in [0, 0.05) is 19.5 Å². The van der Waals surface area contributed by atoms with E-state index in [9.17, 15) is 18.0 Å². The van der Waals surface area contributed by atoms with Crippen LogP contribution in [-0.4, -0.2) is 28.9 Å². The standard InChI is InChI=1S/C13H15F3N2OS/c1-2-6-18(7-5-10(17)20)13(19)8-3-4-9(14)12(16)11(8)15/h3-4H,2,5-7H2,1H3,(H2,17,20). The van der Waals surface area contributed by atoms with E-state index in [0.29, 0.717) is 13.0 Å². The van der Waals surface area contributed by atoms with Gasteiger partial charge in [0.1, 0.15) is 0 Å². The summed E-state index contributed by atoms with van der Waals surface area (Å²) in [7, 11) is 0. The van der Waals surface area contributed by atoms with Gasteiger partial charge in [0.25, 0.3) is 5.91 Å². The fourth-order valence-electron chi connectivity index (χ4n) is 1.69. The molecule has 0 saturated heterocycles. The number of hydrogen-bond donors (Lipinski definition) is 1. The van der Waals surface area contributed by atoms with Crippen LogP contribution in [0.4, 0.5) is 13.2 Å². The van der Waals surface area contributed by atoms with Crippen molar-refractivity contribution in [2.24, 2.45) is 5.73 Å². The molecule has 0 saturated carbocycles. The van der Waals surface area contributed by atoms with Crippen molar-refractivity contribution >= 4 is 23.1 Å². The molecule has 1 aromatic rings. The minimum Gasteiger partial charge on any atom is -0.393 e. The molecule has 2 N–H and O–H groups in total. The van der Waals surface area contributed by atoms with E-state index in [-0.39, 0.29) is 18.0 Å². The summed E-state index contributed by atoms with van der Waals surface area (Å²) in [6, 6.07) is 1.66. The van der Waals surface area contributed by atoms with E-state index in [2.05, 4.69) is 0 Å². The highest BCUT2D eigenvalue weighted by atomic mass is 32.1. The second-order valence-electron chi connectivity index (χ2n) is 4.23. The summed E-state index contributed by atoms with van der Waals surface area (Å²) in [5.41, 5.74) is 4.86. The van der Waals surface area contributed by atoms with Gasteiger partial charge in [-0.15, -0.1) is 0 Å². The van der Waals surface area contributed by atoms with Gasteiger partial charge in [-0.05, 0) is 18.6 Å². The first-order valence-electron chi connectivity index (χ1n) is 6.09. The van der Waals surface area contributed by atoms with Gasteiger partial charge < -0.3 is 10.6 Å². The molecular formula is C13H15F3N2OS. The van der Waals surface area contributed by atoms with Crippen LogP contribution in [0.1, 0.15) is 30.1 Å². The largest absolute Gasteiger partial charge is 0.393 e. The molecule has 0 aliphatic carbocycles. The summed E-state index contributed by atoms with van der Waals surface area (Å²) in [4.78, 5) is 13.7. The summed E-state index contributed by atoms with van der Waals surface area (Å²) in [6.45, 7) is 2.39. The fraction of sp³-hybridized carbons (Fsp3) is 0.385. The molecule has 0 aliphatic heterocycles. The molecule has 0 aliphatic rings. The Labute approximate surface area is 120 Å². The summed E-state index contributed by atoms with van der Waals surface area (Å²) in [5.74, 6) is -5.17. The van der Waals surface area contributed by atoms with Crippen LogP contribution in [0.25, 0.3) is 0 Å². The van der Waals surface area contributed by atoms with E-state index in [1.54, 1.807) is 0 Å². The number of benzene rings is 1. The summed E-state index contributed by atoms with van der Waals surface area (Å²) in [6.07, 6.45) is 0.917. The molecule has 1 amide bonds. The van der Waals surface area contributed by atoms with E-state index in [4.69, 9.17) is 18.0 Å². The number of amides is 1. The molecule has 0 bridgehead atoms. The normalized spacial score (nSPS) is 10.4. The van der Waals surface area contributed by atoms with Gasteiger partial charge in [-0.1, -0.05) is 19.1 Å². The predicted octanol–water partition coefficient (Wildman–Crippen LogP) is 2.63. The first kappa shape index (κ1) is 16.4. The van der Waals surface area contributed by atoms with Crippen LogP contribution in [0.15, 0.2) is 12.1 Å². The van der Waals surface area contributed by atoms with Crippen molar-refractivity contribution in [3.8, 4) is 0 Å². The van der Waals surface area contributed by atoms with Crippen molar-refractivity contribution in [3.05, 3.63) is 35.1 Å². The number of nitrogens with zero attached hydrogens (tertiary/aromatic N) is 1. The SMILES string of the molecule is CCCN(CCC(N)=S)C(=O)c1ccc(F)c(F)c1F. The highest BCUT2D eigenvalue weighted by Gasteiger charge is 2.22. The highest BCUT2D eigenvalue weighted by molar-refractivity contribution is 7.80. The Balaban J connectivity index is 3.00. The Morgan fingerprint density at radius 2 is 1.90 bits per heavy atom. The van der Waals surface area contributed by atoms with E-state index in [0.717, 1.165) is 12.1 Å². The molecule has 0 aromatic heterocycles. The average Bonchev–Trinajstić information content (AvgIpc) is 2.40. The molecule has 0 fully saturated rings. The van der Waals surface area contributed by atoms with Gasteiger partial charge in [-0.3, -0.25) is 4.79 Å². The molecule has 0 spiro atoms. The van der Waals surface area contributed by atoms with E-state index >= 15 is 0 Å². The zero-order chi connectivity index (χ0) is 15.3. The van der Waals surface area contributed by atoms with Crippen LogP contribution in [0.3, 0.4) is 0 Å². The lowest BCUT2D eigenvalue weighted by Crippen LogP contribution is -2.35. The van der Waals surface area contributed by atoms with Gasteiger partial charge >= 0.3 is 0 Å². The van der Waals surface area contributed by atoms with Gasteiger partial charge in [0.15, 0.2) is 17.5 Å². The van der Waals surface area contributed by atoms with E-state index in [1.807, 2.05) is 6.92 Å². The third kappa shape index (κ3) is 3.93. The molecule has 1 aromatic carbocycles. The average molecular weight is 304 g/mol. The fourth-order valence-corrected chi connectivity index (χ4v) is 1.78. The van der Waals surface area contributed by atoms with Gasteiger partial charge in [-0.25, -0.2) is 13.2 Å². The Hall–Kier alpha value is -1.63. The molecular weight excluding hydrogens is 289 g/mol. The lowest BCUT2D eigenvalue weighted by Gasteiger charge is -2.22. The molecule has 20 heavy (non-hydrogen) atoms. The molecule has 3 nitrogen and oxygen atoms in total. The van der Waals surface area contributed by atoms with Crippen LogP contribution in [-0.2, 0) is 0 Å². The maximum absolute atomic E-state index is 13.6. The topological polar surface area (TPSA) is 46.3 Å². The summed E-state index contributed by atoms with van der Waals surface area (Å²) >= 11 is 4.72. The zero-order valence-corrected chi connectivity index (χ0v) is 11.8. The van der Waals surface area contributed by atoms with Crippen LogP contribution in [0, 0.1) is 17.5 Å². The Morgan fingerprint density at radius 1 is 1.25 bits per heavy atom. The number of halogens is 3. The maximum Gasteiger partial charge on any atom is 0.256 e. The number of rotatable bonds is 6. The van der Waals surface area contributed by atoms with E-state index in [1.165, 1.54) is 4.90 Å². The quantitative estimate of drug-likeness (QED) is 0.649. The second kappa shape index (κ2) is 7.23. The monoisotopic (exact) mass is 304 g/mol. The highest BCUT2D eigenvalue weighted by Crippen LogP contribution is 2.17. The van der Waals surface area contributed by atoms with Crippen molar-refractivity contribution in [2.45, 2.75) is 19.8 Å². The minimum absolute atomic E-state index is 0.209. The molecule has 7 heteroatoms. The van der Waals surface area contributed by atoms with Crippen LogP contribution in [0.2, 0.25) is 0 Å². The molecule has 0 radical (unpaired) electrons. The minimum atomic E-state index is -1.65.